The Kier molecular flexibility index (Phi) is 6.03. The van der Waals surface area contributed by atoms with Crippen LogP contribution in [0.5, 0.6) is 0 Å². The number of nitrogens with zero attached hydrogens (tertiary/aromatic N) is 2. The maximum absolute atomic E-state index is 14.1. The molecule has 0 saturated carbocycles. The van der Waals surface area contributed by atoms with Gasteiger partial charge < -0.3 is 10.0 Å². The topological polar surface area (TPSA) is 60.9 Å². The normalized spacial score (nSPS) is 14.2. The Morgan fingerprint density at radius 1 is 1.11 bits per heavy atom. The molecule has 0 saturated heterocycles. The molecular weight excluding hydrogens is 406 g/mol. The third kappa shape index (κ3) is 3.76. The number of aliphatic hydroxyl groups excluding tert-OH is 1. The second kappa shape index (κ2) is 8.31. The highest BCUT2D eigenvalue weighted by molar-refractivity contribution is 6.41. The number of imide groups is 1. The number of likely N-dealkylation sites (N-methyl/N-ethyl adjacent to an activating group) is 1. The molecule has 2 aromatic carbocycles. The van der Waals surface area contributed by atoms with Gasteiger partial charge in [0.1, 0.15) is 11.5 Å². The predicted octanol–water partition coefficient (Wildman–Crippen LogP) is 3.34. The number of carbonyl (C=O) groups excluding carboxylic acids is 2. The lowest BCUT2D eigenvalue weighted by Gasteiger charge is -2.20. The van der Waals surface area contributed by atoms with Gasteiger partial charge in [-0.25, -0.2) is 4.39 Å². The SMILES string of the molecule is CN(CCO)C1=C(c2ccc(Cl)cc2Cl)C(=O)N(Cc2ccccc2F)C1=O. The minimum absolute atomic E-state index is 0.0963. The molecule has 1 N–H and O–H groups in total. The van der Waals surface area contributed by atoms with Gasteiger partial charge >= 0.3 is 0 Å². The fourth-order valence-electron chi connectivity index (χ4n) is 3.05. The minimum atomic E-state index is -0.586. The standard InChI is InChI=1S/C20H17Cl2FN2O3/c1-24(8-9-26)18-17(14-7-6-13(21)10-15(14)22)19(27)25(20(18)28)11-12-4-2-3-5-16(12)23/h2-7,10,26H,8-9,11H2,1H3. The van der Waals surface area contributed by atoms with Crippen LogP contribution in [0.3, 0.4) is 0 Å². The van der Waals surface area contributed by atoms with Crippen molar-refractivity contribution in [2.75, 3.05) is 20.2 Å². The predicted molar refractivity (Wildman–Crippen MR) is 105 cm³/mol. The first-order valence-electron chi connectivity index (χ1n) is 8.46. The van der Waals surface area contributed by atoms with Crippen molar-refractivity contribution in [1.82, 2.24) is 9.80 Å². The van der Waals surface area contributed by atoms with Crippen molar-refractivity contribution in [1.29, 1.82) is 0 Å². The second-order valence-corrected chi connectivity index (χ2v) is 7.12. The monoisotopic (exact) mass is 422 g/mol. The smallest absolute Gasteiger partial charge is 0.278 e. The molecule has 0 radical (unpaired) electrons. The van der Waals surface area contributed by atoms with Crippen LogP contribution < -0.4 is 0 Å². The fourth-order valence-corrected chi connectivity index (χ4v) is 3.56. The van der Waals surface area contributed by atoms with Gasteiger partial charge in [0.2, 0.25) is 0 Å². The van der Waals surface area contributed by atoms with E-state index in [0.717, 1.165) is 4.90 Å². The Balaban J connectivity index is 2.08. The van der Waals surface area contributed by atoms with Gasteiger partial charge in [-0.2, -0.15) is 0 Å². The van der Waals surface area contributed by atoms with E-state index in [1.165, 1.54) is 29.2 Å². The molecule has 1 aliphatic heterocycles. The second-order valence-electron chi connectivity index (χ2n) is 6.28. The summed E-state index contributed by atoms with van der Waals surface area (Å²) in [6.07, 6.45) is 0. The fraction of sp³-hybridized carbons (Fsp3) is 0.200. The van der Waals surface area contributed by atoms with Gasteiger partial charge in [0.25, 0.3) is 11.8 Å². The highest BCUT2D eigenvalue weighted by Gasteiger charge is 2.41. The number of amides is 2. The van der Waals surface area contributed by atoms with Crippen LogP contribution in [0.1, 0.15) is 11.1 Å². The number of rotatable bonds is 6. The zero-order valence-electron chi connectivity index (χ0n) is 15.0. The molecule has 28 heavy (non-hydrogen) atoms. The van der Waals surface area contributed by atoms with E-state index in [2.05, 4.69) is 0 Å². The van der Waals surface area contributed by atoms with Crippen LogP contribution in [0.2, 0.25) is 10.0 Å². The van der Waals surface area contributed by atoms with E-state index in [1.54, 1.807) is 25.2 Å². The molecule has 0 aromatic heterocycles. The Morgan fingerprint density at radius 3 is 2.46 bits per heavy atom. The summed E-state index contributed by atoms with van der Waals surface area (Å²) in [5.74, 6) is -1.67. The summed E-state index contributed by atoms with van der Waals surface area (Å²) in [4.78, 5) is 28.6. The zero-order valence-corrected chi connectivity index (χ0v) is 16.5. The van der Waals surface area contributed by atoms with Crippen molar-refractivity contribution in [2.45, 2.75) is 6.54 Å². The number of hydrogen-bond acceptors (Lipinski definition) is 4. The van der Waals surface area contributed by atoms with Crippen molar-refractivity contribution >= 4 is 40.6 Å². The largest absolute Gasteiger partial charge is 0.395 e. The van der Waals surface area contributed by atoms with Crippen LogP contribution in [-0.2, 0) is 16.1 Å². The molecule has 0 atom stereocenters. The lowest BCUT2D eigenvalue weighted by Crippen LogP contribution is -2.34. The number of hydrogen-bond donors (Lipinski definition) is 1. The first-order valence-corrected chi connectivity index (χ1v) is 9.22. The van der Waals surface area contributed by atoms with Crippen LogP contribution in [0.15, 0.2) is 48.2 Å². The average molecular weight is 423 g/mol. The number of halogens is 3. The highest BCUT2D eigenvalue weighted by atomic mass is 35.5. The summed E-state index contributed by atoms with van der Waals surface area (Å²) in [5.41, 5.74) is 0.760. The minimum Gasteiger partial charge on any atom is -0.395 e. The van der Waals surface area contributed by atoms with Gasteiger partial charge in [-0.3, -0.25) is 14.5 Å². The molecule has 8 heteroatoms. The summed E-state index contributed by atoms with van der Waals surface area (Å²) >= 11 is 12.2. The Labute approximate surface area is 171 Å². The van der Waals surface area contributed by atoms with Gasteiger partial charge in [-0.1, -0.05) is 47.5 Å². The van der Waals surface area contributed by atoms with Gasteiger partial charge in [-0.15, -0.1) is 0 Å². The van der Waals surface area contributed by atoms with Crippen LogP contribution in [0, 0.1) is 5.82 Å². The van der Waals surface area contributed by atoms with E-state index in [-0.39, 0.29) is 41.6 Å². The lowest BCUT2D eigenvalue weighted by molar-refractivity contribution is -0.138. The van der Waals surface area contributed by atoms with Gasteiger partial charge in [0.05, 0.1) is 23.7 Å². The average Bonchev–Trinajstić information content (AvgIpc) is 2.88. The third-order valence-corrected chi connectivity index (χ3v) is 5.00. The van der Waals surface area contributed by atoms with Crippen molar-refractivity contribution in [3.63, 3.8) is 0 Å². The molecule has 2 amide bonds. The molecule has 1 aliphatic rings. The summed E-state index contributed by atoms with van der Waals surface area (Å²) in [6.45, 7) is -0.289. The first-order chi connectivity index (χ1) is 13.3. The molecule has 3 rings (SSSR count). The molecule has 5 nitrogen and oxygen atoms in total. The summed E-state index contributed by atoms with van der Waals surface area (Å²) in [7, 11) is 1.59. The van der Waals surface area contributed by atoms with Gasteiger partial charge in [0.15, 0.2) is 0 Å². The van der Waals surface area contributed by atoms with Crippen molar-refractivity contribution in [3.8, 4) is 0 Å². The Bertz CT molecular complexity index is 978. The van der Waals surface area contributed by atoms with Gasteiger partial charge in [0, 0.05) is 29.7 Å². The van der Waals surface area contributed by atoms with Crippen LogP contribution in [0.25, 0.3) is 5.57 Å². The van der Waals surface area contributed by atoms with Crippen molar-refractivity contribution < 1.29 is 19.1 Å². The molecule has 0 aliphatic carbocycles. The van der Waals surface area contributed by atoms with E-state index < -0.39 is 17.6 Å². The Hall–Kier alpha value is -2.41. The molecule has 2 aromatic rings. The molecule has 0 bridgehead atoms. The van der Waals surface area contributed by atoms with Crippen molar-refractivity contribution in [2.24, 2.45) is 0 Å². The molecule has 0 unspecified atom stereocenters. The molecule has 146 valence electrons. The van der Waals surface area contributed by atoms with E-state index in [4.69, 9.17) is 23.2 Å². The van der Waals surface area contributed by atoms with E-state index in [0.29, 0.717) is 10.6 Å². The number of carbonyl (C=O) groups is 2. The van der Waals surface area contributed by atoms with Crippen molar-refractivity contribution in [3.05, 3.63) is 75.2 Å². The molecular formula is C20H17Cl2FN2O3. The lowest BCUT2D eigenvalue weighted by atomic mass is 10.0. The van der Waals surface area contributed by atoms with E-state index in [9.17, 15) is 19.1 Å². The molecule has 0 spiro atoms. The summed E-state index contributed by atoms with van der Waals surface area (Å²) in [6, 6.07) is 10.5. The van der Waals surface area contributed by atoms with E-state index in [1.807, 2.05) is 0 Å². The van der Waals surface area contributed by atoms with Gasteiger partial charge in [-0.05, 0) is 18.2 Å². The Morgan fingerprint density at radius 2 is 1.82 bits per heavy atom. The van der Waals surface area contributed by atoms with Crippen LogP contribution in [0.4, 0.5) is 4.39 Å². The van der Waals surface area contributed by atoms with Crippen LogP contribution >= 0.6 is 23.2 Å². The number of aliphatic hydroxyl groups is 1. The first kappa shape index (κ1) is 20.3. The van der Waals surface area contributed by atoms with Crippen LogP contribution in [-0.4, -0.2) is 46.9 Å². The molecule has 0 fully saturated rings. The zero-order chi connectivity index (χ0) is 20.4. The number of benzene rings is 2. The summed E-state index contributed by atoms with van der Waals surface area (Å²) < 4.78 is 14.1. The molecule has 1 heterocycles. The quantitative estimate of drug-likeness (QED) is 0.725. The highest BCUT2D eigenvalue weighted by Crippen LogP contribution is 2.36. The maximum atomic E-state index is 14.1. The maximum Gasteiger partial charge on any atom is 0.278 e. The summed E-state index contributed by atoms with van der Waals surface area (Å²) in [5, 5.41) is 9.87. The third-order valence-electron chi connectivity index (χ3n) is 4.45. The van der Waals surface area contributed by atoms with E-state index >= 15 is 0 Å².